The van der Waals surface area contributed by atoms with Gasteiger partial charge in [0.2, 0.25) is 0 Å². The number of nitrogens with one attached hydrogen (secondary N) is 2. The number of carbonyl (C=O) groups is 1. The Balaban J connectivity index is 1.82. The molecule has 0 aromatic carbocycles. The van der Waals surface area contributed by atoms with Crippen molar-refractivity contribution in [2.75, 3.05) is 0 Å². The molecule has 1 aromatic rings. The van der Waals surface area contributed by atoms with Crippen LogP contribution in [0.3, 0.4) is 0 Å². The van der Waals surface area contributed by atoms with E-state index < -0.39 is 5.60 Å². The minimum atomic E-state index is -0.473. The lowest BCUT2D eigenvalue weighted by Crippen LogP contribution is -2.47. The molecular weight excluding hydrogens is 302 g/mol. The Kier molecular flexibility index (Phi) is 5.64. The maximum atomic E-state index is 11.9. The summed E-state index contributed by atoms with van der Waals surface area (Å²) in [6.45, 7) is 6.25. The van der Waals surface area contributed by atoms with Crippen molar-refractivity contribution in [1.82, 2.24) is 15.6 Å². The Morgan fingerprint density at radius 3 is 2.73 bits per heavy atom. The fourth-order valence-electron chi connectivity index (χ4n) is 2.58. The molecule has 6 heteroatoms. The zero-order valence-electron chi connectivity index (χ0n) is 13.4. The van der Waals surface area contributed by atoms with Gasteiger partial charge in [0.1, 0.15) is 5.60 Å². The summed E-state index contributed by atoms with van der Waals surface area (Å²) in [5.74, 6) is 0. The minimum absolute atomic E-state index is 0.0992. The fourth-order valence-corrected chi connectivity index (χ4v) is 2.69. The topological polar surface area (TPSA) is 63.2 Å². The molecule has 122 valence electrons. The highest BCUT2D eigenvalue weighted by Gasteiger charge is 2.29. The third kappa shape index (κ3) is 5.46. The first kappa shape index (κ1) is 17.0. The smallest absolute Gasteiger partial charge is 0.407 e. The first-order valence-electron chi connectivity index (χ1n) is 7.67. The van der Waals surface area contributed by atoms with Crippen LogP contribution in [0.5, 0.6) is 0 Å². The molecule has 0 saturated heterocycles. The summed E-state index contributed by atoms with van der Waals surface area (Å²) in [5.41, 5.74) is 0.464. The number of nitrogens with zero attached hydrogens (tertiary/aromatic N) is 1. The van der Waals surface area contributed by atoms with Crippen LogP contribution in [0.1, 0.15) is 45.7 Å². The third-order valence-electron chi connectivity index (χ3n) is 3.55. The van der Waals surface area contributed by atoms with Crippen LogP contribution in [-0.2, 0) is 11.3 Å². The van der Waals surface area contributed by atoms with E-state index in [1.807, 2.05) is 32.9 Å². The van der Waals surface area contributed by atoms with Gasteiger partial charge in [-0.3, -0.25) is 4.98 Å². The number of aromatic nitrogens is 1. The third-order valence-corrected chi connectivity index (χ3v) is 3.78. The molecular formula is C16H24ClN3O2. The zero-order valence-corrected chi connectivity index (χ0v) is 14.1. The van der Waals surface area contributed by atoms with Gasteiger partial charge in [-0.15, -0.1) is 0 Å². The summed E-state index contributed by atoms with van der Waals surface area (Å²) < 4.78 is 5.32. The zero-order chi connectivity index (χ0) is 16.2. The number of carbonyl (C=O) groups excluding carboxylic acids is 1. The molecule has 1 aliphatic carbocycles. The van der Waals surface area contributed by atoms with E-state index in [4.69, 9.17) is 16.3 Å². The van der Waals surface area contributed by atoms with E-state index in [9.17, 15) is 4.79 Å². The van der Waals surface area contributed by atoms with Gasteiger partial charge in [-0.2, -0.15) is 0 Å². The number of pyridine rings is 1. The summed E-state index contributed by atoms with van der Waals surface area (Å²) in [4.78, 5) is 16.2. The van der Waals surface area contributed by atoms with Crippen molar-refractivity contribution < 1.29 is 9.53 Å². The monoisotopic (exact) mass is 325 g/mol. The highest BCUT2D eigenvalue weighted by Crippen LogP contribution is 2.20. The quantitative estimate of drug-likeness (QED) is 0.891. The van der Waals surface area contributed by atoms with Crippen molar-refractivity contribution in [3.8, 4) is 0 Å². The summed E-state index contributed by atoms with van der Waals surface area (Å²) >= 11 is 5.83. The lowest BCUT2D eigenvalue weighted by molar-refractivity contribution is 0.0498. The molecule has 1 saturated carbocycles. The van der Waals surface area contributed by atoms with Crippen molar-refractivity contribution in [1.29, 1.82) is 0 Å². The largest absolute Gasteiger partial charge is 0.444 e. The molecule has 2 N–H and O–H groups in total. The average Bonchev–Trinajstić information content (AvgIpc) is 2.83. The highest BCUT2D eigenvalue weighted by molar-refractivity contribution is 6.30. The predicted molar refractivity (Wildman–Crippen MR) is 86.9 cm³/mol. The van der Waals surface area contributed by atoms with Crippen LogP contribution < -0.4 is 10.6 Å². The van der Waals surface area contributed by atoms with Crippen LogP contribution >= 0.6 is 11.6 Å². The van der Waals surface area contributed by atoms with Gasteiger partial charge in [-0.25, -0.2) is 4.79 Å². The van der Waals surface area contributed by atoms with E-state index in [2.05, 4.69) is 15.6 Å². The van der Waals surface area contributed by atoms with Crippen LogP contribution in [0.25, 0.3) is 0 Å². The van der Waals surface area contributed by atoms with Gasteiger partial charge in [-0.1, -0.05) is 11.6 Å². The van der Waals surface area contributed by atoms with Gasteiger partial charge in [0.05, 0.1) is 10.7 Å². The molecule has 0 bridgehead atoms. The van der Waals surface area contributed by atoms with Gasteiger partial charge in [0.25, 0.3) is 0 Å². The Bertz CT molecular complexity index is 499. The second-order valence-corrected chi connectivity index (χ2v) is 7.08. The molecule has 0 unspecified atom stereocenters. The van der Waals surface area contributed by atoms with Crippen molar-refractivity contribution in [3.05, 3.63) is 29.0 Å². The predicted octanol–water partition coefficient (Wildman–Crippen LogP) is 3.27. The lowest BCUT2D eigenvalue weighted by Gasteiger charge is -2.25. The number of ether oxygens (including phenoxy) is 1. The number of alkyl carbamates (subject to hydrolysis) is 1. The molecule has 2 rings (SSSR count). The minimum Gasteiger partial charge on any atom is -0.444 e. The highest BCUT2D eigenvalue weighted by atomic mass is 35.5. The van der Waals surface area contributed by atoms with Crippen LogP contribution in [0.2, 0.25) is 5.02 Å². The second-order valence-electron chi connectivity index (χ2n) is 6.64. The molecule has 0 spiro atoms. The molecule has 1 aliphatic rings. The van der Waals surface area contributed by atoms with Crippen LogP contribution in [0, 0.1) is 0 Å². The van der Waals surface area contributed by atoms with Crippen LogP contribution in [-0.4, -0.2) is 28.8 Å². The second kappa shape index (κ2) is 7.29. The summed E-state index contributed by atoms with van der Waals surface area (Å²) in [7, 11) is 0. The maximum absolute atomic E-state index is 11.9. The molecule has 2 atom stereocenters. The van der Waals surface area contributed by atoms with Crippen LogP contribution in [0.15, 0.2) is 18.3 Å². The molecule has 22 heavy (non-hydrogen) atoms. The lowest BCUT2D eigenvalue weighted by atomic mass is 10.1. The molecule has 1 heterocycles. The first-order valence-corrected chi connectivity index (χ1v) is 8.04. The van der Waals surface area contributed by atoms with Gasteiger partial charge in [0, 0.05) is 24.8 Å². The number of halogens is 1. The molecule has 1 aromatic heterocycles. The average molecular weight is 326 g/mol. The Morgan fingerprint density at radius 2 is 2.09 bits per heavy atom. The van der Waals surface area contributed by atoms with Crippen LogP contribution in [0.4, 0.5) is 4.79 Å². The number of hydrogen-bond acceptors (Lipinski definition) is 4. The van der Waals surface area contributed by atoms with Crippen molar-refractivity contribution >= 4 is 17.7 Å². The standard InChI is InChI=1S/C16H24ClN3O2/c1-16(2,3)22-15(21)20-14-6-4-5-13(14)19-10-12-8-7-11(17)9-18-12/h7-9,13-14,19H,4-6,10H2,1-3H3,(H,20,21)/t13-,14+/m0/s1. The van der Waals surface area contributed by atoms with Gasteiger partial charge in [-0.05, 0) is 52.2 Å². The van der Waals surface area contributed by atoms with Gasteiger partial charge < -0.3 is 15.4 Å². The normalized spacial score (nSPS) is 21.6. The van der Waals surface area contributed by atoms with E-state index in [0.717, 1.165) is 25.0 Å². The maximum Gasteiger partial charge on any atom is 0.407 e. The Morgan fingerprint density at radius 1 is 1.36 bits per heavy atom. The molecule has 0 radical (unpaired) electrons. The first-order chi connectivity index (χ1) is 10.3. The molecule has 1 fully saturated rings. The van der Waals surface area contributed by atoms with Gasteiger partial charge in [0.15, 0.2) is 0 Å². The molecule has 0 aliphatic heterocycles. The number of rotatable bonds is 4. The summed E-state index contributed by atoms with van der Waals surface area (Å²) in [6, 6.07) is 4.07. The molecule has 1 amide bonds. The summed E-state index contributed by atoms with van der Waals surface area (Å²) in [6.07, 6.45) is 4.38. The fraction of sp³-hybridized carbons (Fsp3) is 0.625. The van der Waals surface area contributed by atoms with E-state index in [-0.39, 0.29) is 18.2 Å². The number of amides is 1. The van der Waals surface area contributed by atoms with E-state index >= 15 is 0 Å². The van der Waals surface area contributed by atoms with E-state index in [0.29, 0.717) is 11.6 Å². The van der Waals surface area contributed by atoms with E-state index in [1.165, 1.54) is 0 Å². The summed E-state index contributed by atoms with van der Waals surface area (Å²) in [5, 5.41) is 7.06. The SMILES string of the molecule is CC(C)(C)OC(=O)N[C@@H]1CCC[C@@H]1NCc1ccc(Cl)cn1. The van der Waals surface area contributed by atoms with Crippen molar-refractivity contribution in [3.63, 3.8) is 0 Å². The van der Waals surface area contributed by atoms with E-state index in [1.54, 1.807) is 6.20 Å². The van der Waals surface area contributed by atoms with Crippen molar-refractivity contribution in [2.45, 2.75) is 64.3 Å². The Hall–Kier alpha value is -1.33. The van der Waals surface area contributed by atoms with Gasteiger partial charge >= 0.3 is 6.09 Å². The number of hydrogen-bond donors (Lipinski definition) is 2. The van der Waals surface area contributed by atoms with Crippen molar-refractivity contribution in [2.24, 2.45) is 0 Å². The molecule has 5 nitrogen and oxygen atoms in total. The Labute approximate surface area is 136 Å².